The number of halogens is 4. The molecule has 2 unspecified atom stereocenters. The van der Waals surface area contributed by atoms with Gasteiger partial charge in [0.15, 0.2) is 0 Å². The van der Waals surface area contributed by atoms with E-state index in [2.05, 4.69) is 5.32 Å². The lowest BCUT2D eigenvalue weighted by Crippen LogP contribution is -2.34. The number of rotatable bonds is 5. The van der Waals surface area contributed by atoms with Crippen LogP contribution in [0.3, 0.4) is 0 Å². The molecule has 0 saturated heterocycles. The molecule has 3 nitrogen and oxygen atoms in total. The number of nitrogens with one attached hydrogen (secondary N) is 1. The molecular weight excluding hydrogens is 362 g/mol. The predicted molar refractivity (Wildman–Crippen MR) is 92.0 cm³/mol. The van der Waals surface area contributed by atoms with Crippen LogP contribution in [0, 0.1) is 11.7 Å². The van der Waals surface area contributed by atoms with Crippen LogP contribution in [-0.2, 0) is 17.4 Å². The van der Waals surface area contributed by atoms with Gasteiger partial charge in [-0.05, 0) is 66.3 Å². The molecule has 0 amide bonds. The highest BCUT2D eigenvalue weighted by Crippen LogP contribution is 2.42. The highest BCUT2D eigenvalue weighted by Gasteiger charge is 2.35. The molecule has 2 N–H and O–H groups in total. The zero-order chi connectivity index (χ0) is 19.6. The van der Waals surface area contributed by atoms with Crippen molar-refractivity contribution in [2.75, 3.05) is 13.1 Å². The second kappa shape index (κ2) is 7.68. The largest absolute Gasteiger partial charge is 0.480 e. The summed E-state index contributed by atoms with van der Waals surface area (Å²) in [5, 5.41) is 11.7. The van der Waals surface area contributed by atoms with Crippen molar-refractivity contribution in [3.8, 4) is 0 Å². The number of aryl methyl sites for hydroxylation is 1. The fraction of sp³-hybridized carbons (Fsp3) is 0.350. The number of hydrogen-bond donors (Lipinski definition) is 2. The molecule has 2 atom stereocenters. The molecule has 27 heavy (non-hydrogen) atoms. The summed E-state index contributed by atoms with van der Waals surface area (Å²) in [6.45, 7) is 0.224. The van der Waals surface area contributed by atoms with Crippen molar-refractivity contribution in [3.05, 3.63) is 70.5 Å². The third-order valence-corrected chi connectivity index (χ3v) is 4.97. The molecule has 1 aliphatic rings. The van der Waals surface area contributed by atoms with Crippen LogP contribution in [0.5, 0.6) is 0 Å². The van der Waals surface area contributed by atoms with E-state index in [1.54, 1.807) is 12.1 Å². The minimum Gasteiger partial charge on any atom is -0.480 e. The van der Waals surface area contributed by atoms with E-state index in [0.29, 0.717) is 24.9 Å². The van der Waals surface area contributed by atoms with Gasteiger partial charge in [-0.15, -0.1) is 0 Å². The standard InChI is InChI=1S/C20H19F4NO2/c21-16-6-3-12(4-7-16)19-14(10-25-11-18(26)27)2-1-13-9-15(20(22,23)24)5-8-17(13)19/h3-9,14,19,25H,1-2,10-11H2,(H,26,27). The van der Waals surface area contributed by atoms with Crippen molar-refractivity contribution in [2.45, 2.75) is 24.9 Å². The third kappa shape index (κ3) is 4.47. The van der Waals surface area contributed by atoms with Gasteiger partial charge in [0.25, 0.3) is 0 Å². The lowest BCUT2D eigenvalue weighted by Gasteiger charge is -2.35. The van der Waals surface area contributed by atoms with Crippen molar-refractivity contribution >= 4 is 5.97 Å². The van der Waals surface area contributed by atoms with E-state index >= 15 is 0 Å². The van der Waals surface area contributed by atoms with Crippen LogP contribution in [0.2, 0.25) is 0 Å². The monoisotopic (exact) mass is 381 g/mol. The normalized spacial score (nSPS) is 19.6. The maximum Gasteiger partial charge on any atom is 0.416 e. The fourth-order valence-corrected chi connectivity index (χ4v) is 3.77. The molecule has 0 aromatic heterocycles. The SMILES string of the molecule is O=C(O)CNCC1CCc2cc(C(F)(F)F)ccc2C1c1ccc(F)cc1. The Morgan fingerprint density at radius 3 is 2.48 bits per heavy atom. The summed E-state index contributed by atoms with van der Waals surface area (Å²) in [6, 6.07) is 9.68. The van der Waals surface area contributed by atoms with E-state index in [-0.39, 0.29) is 24.2 Å². The molecule has 7 heteroatoms. The van der Waals surface area contributed by atoms with Gasteiger partial charge >= 0.3 is 12.1 Å². The zero-order valence-corrected chi connectivity index (χ0v) is 14.4. The van der Waals surface area contributed by atoms with Crippen LogP contribution in [0.4, 0.5) is 17.6 Å². The highest BCUT2D eigenvalue weighted by atomic mass is 19.4. The molecule has 0 radical (unpaired) electrons. The Kier molecular flexibility index (Phi) is 5.51. The second-order valence-corrected chi connectivity index (χ2v) is 6.76. The summed E-state index contributed by atoms with van der Waals surface area (Å²) < 4.78 is 52.4. The van der Waals surface area contributed by atoms with Crippen LogP contribution in [0.1, 0.15) is 34.6 Å². The molecule has 0 fully saturated rings. The van der Waals surface area contributed by atoms with Crippen LogP contribution >= 0.6 is 0 Å². The van der Waals surface area contributed by atoms with Gasteiger partial charge < -0.3 is 10.4 Å². The summed E-state index contributed by atoms with van der Waals surface area (Å²) in [7, 11) is 0. The average molecular weight is 381 g/mol. The first-order chi connectivity index (χ1) is 12.8. The van der Waals surface area contributed by atoms with E-state index in [1.807, 2.05) is 0 Å². The number of alkyl halides is 3. The van der Waals surface area contributed by atoms with E-state index < -0.39 is 17.7 Å². The van der Waals surface area contributed by atoms with Gasteiger partial charge in [0.1, 0.15) is 5.82 Å². The van der Waals surface area contributed by atoms with E-state index in [9.17, 15) is 22.4 Å². The maximum atomic E-state index is 13.3. The second-order valence-electron chi connectivity index (χ2n) is 6.76. The van der Waals surface area contributed by atoms with E-state index in [1.165, 1.54) is 24.3 Å². The zero-order valence-electron chi connectivity index (χ0n) is 14.4. The van der Waals surface area contributed by atoms with Crippen LogP contribution in [-0.4, -0.2) is 24.2 Å². The van der Waals surface area contributed by atoms with Crippen molar-refractivity contribution in [3.63, 3.8) is 0 Å². The third-order valence-electron chi connectivity index (χ3n) is 4.97. The Balaban J connectivity index is 1.96. The number of aliphatic carboxylic acids is 1. The first-order valence-electron chi connectivity index (χ1n) is 8.63. The molecule has 3 rings (SSSR count). The molecular formula is C20H19F4NO2. The highest BCUT2D eigenvalue weighted by molar-refractivity contribution is 5.69. The van der Waals surface area contributed by atoms with Gasteiger partial charge in [-0.25, -0.2) is 4.39 Å². The molecule has 0 bridgehead atoms. The first kappa shape index (κ1) is 19.4. The van der Waals surface area contributed by atoms with Crippen molar-refractivity contribution < 1.29 is 27.5 Å². The lowest BCUT2D eigenvalue weighted by molar-refractivity contribution is -0.138. The minimum atomic E-state index is -4.40. The summed E-state index contributed by atoms with van der Waals surface area (Å²) in [5.41, 5.74) is 1.54. The van der Waals surface area contributed by atoms with Crippen molar-refractivity contribution in [1.29, 1.82) is 0 Å². The quantitative estimate of drug-likeness (QED) is 0.763. The molecule has 0 heterocycles. The van der Waals surface area contributed by atoms with Crippen molar-refractivity contribution in [2.24, 2.45) is 5.92 Å². The summed E-state index contributed by atoms with van der Waals surface area (Å²) in [5.74, 6) is -1.58. The number of benzene rings is 2. The summed E-state index contributed by atoms with van der Waals surface area (Å²) >= 11 is 0. The van der Waals surface area contributed by atoms with Gasteiger partial charge in [0, 0.05) is 5.92 Å². The van der Waals surface area contributed by atoms with Gasteiger partial charge in [-0.2, -0.15) is 13.2 Å². The smallest absolute Gasteiger partial charge is 0.416 e. The van der Waals surface area contributed by atoms with Crippen LogP contribution in [0.15, 0.2) is 42.5 Å². The molecule has 0 aliphatic heterocycles. The number of carboxylic acid groups (broad SMARTS) is 1. The van der Waals surface area contributed by atoms with Crippen LogP contribution < -0.4 is 5.32 Å². The van der Waals surface area contributed by atoms with Crippen LogP contribution in [0.25, 0.3) is 0 Å². The molecule has 144 valence electrons. The predicted octanol–water partition coefficient (Wildman–Crippen LogP) is 4.21. The van der Waals surface area contributed by atoms with Crippen molar-refractivity contribution in [1.82, 2.24) is 5.32 Å². The maximum absolute atomic E-state index is 13.3. The van der Waals surface area contributed by atoms with Gasteiger partial charge in [0.2, 0.25) is 0 Å². The molecule has 0 saturated carbocycles. The Morgan fingerprint density at radius 1 is 1.15 bits per heavy atom. The molecule has 2 aromatic carbocycles. The molecule has 2 aromatic rings. The molecule has 0 spiro atoms. The minimum absolute atomic E-state index is 0.000882. The number of fused-ring (bicyclic) bond motifs is 1. The number of hydrogen-bond acceptors (Lipinski definition) is 2. The van der Waals surface area contributed by atoms with E-state index in [0.717, 1.165) is 17.2 Å². The summed E-state index contributed by atoms with van der Waals surface area (Å²) in [6.07, 6.45) is -3.31. The Labute approximate surface area is 154 Å². The van der Waals surface area contributed by atoms with Gasteiger partial charge in [-0.1, -0.05) is 18.2 Å². The number of carbonyl (C=O) groups is 1. The fourth-order valence-electron chi connectivity index (χ4n) is 3.77. The average Bonchev–Trinajstić information content (AvgIpc) is 2.61. The summed E-state index contributed by atoms with van der Waals surface area (Å²) in [4.78, 5) is 10.7. The number of carboxylic acids is 1. The van der Waals surface area contributed by atoms with Gasteiger partial charge in [0.05, 0.1) is 12.1 Å². The molecule has 1 aliphatic carbocycles. The topological polar surface area (TPSA) is 49.3 Å². The first-order valence-corrected chi connectivity index (χ1v) is 8.63. The Bertz CT molecular complexity index is 818. The van der Waals surface area contributed by atoms with E-state index in [4.69, 9.17) is 5.11 Å². The Hall–Kier alpha value is -2.41. The Morgan fingerprint density at radius 2 is 1.85 bits per heavy atom. The van der Waals surface area contributed by atoms with Gasteiger partial charge in [-0.3, -0.25) is 4.79 Å². The lowest BCUT2D eigenvalue weighted by atomic mass is 9.71.